The van der Waals surface area contributed by atoms with Crippen molar-refractivity contribution >= 4 is 33.8 Å². The number of benzene rings is 1. The minimum atomic E-state index is -0.455. The molecule has 2 heterocycles. The second-order valence-corrected chi connectivity index (χ2v) is 6.87. The van der Waals surface area contributed by atoms with E-state index in [0.29, 0.717) is 16.6 Å². The first-order valence-corrected chi connectivity index (χ1v) is 8.45. The second-order valence-electron chi connectivity index (χ2n) is 5.89. The predicted octanol–water partition coefficient (Wildman–Crippen LogP) is 4.26. The van der Waals surface area contributed by atoms with E-state index >= 15 is 0 Å². The Balaban J connectivity index is 1.91. The van der Waals surface area contributed by atoms with Crippen molar-refractivity contribution in [3.63, 3.8) is 0 Å². The molecular weight excluding hydrogens is 326 g/mol. The zero-order chi connectivity index (χ0) is 17.3. The lowest BCUT2D eigenvalue weighted by Gasteiger charge is -2.20. The lowest BCUT2D eigenvalue weighted by molar-refractivity contribution is -0.383. The number of amides is 1. The maximum Gasteiger partial charge on any atom is 0.293 e. The van der Waals surface area contributed by atoms with E-state index in [1.54, 1.807) is 29.5 Å². The molecule has 0 saturated heterocycles. The number of hydrogen-bond acceptors (Lipinski definition) is 4. The van der Waals surface area contributed by atoms with Crippen molar-refractivity contribution in [3.05, 3.63) is 62.5 Å². The average molecular weight is 343 g/mol. The molecule has 3 rings (SSSR count). The number of carbonyl (C=O) groups excluding carboxylic acids is 1. The van der Waals surface area contributed by atoms with Crippen molar-refractivity contribution in [2.45, 2.75) is 19.9 Å². The number of fused-ring (bicyclic) bond motifs is 1. The molecule has 0 saturated carbocycles. The van der Waals surface area contributed by atoms with Gasteiger partial charge in [0.05, 0.1) is 11.0 Å². The monoisotopic (exact) mass is 343 g/mol. The van der Waals surface area contributed by atoms with Crippen molar-refractivity contribution in [1.82, 2.24) is 10.3 Å². The summed E-state index contributed by atoms with van der Waals surface area (Å²) in [5.41, 5.74) is 0.650. The first-order valence-electron chi connectivity index (χ1n) is 7.57. The van der Waals surface area contributed by atoms with Crippen LogP contribution in [0.25, 0.3) is 10.9 Å². The number of nitro benzene ring substituents is 1. The highest BCUT2D eigenvalue weighted by Gasteiger charge is 2.22. The van der Waals surface area contributed by atoms with Gasteiger partial charge in [-0.3, -0.25) is 14.9 Å². The van der Waals surface area contributed by atoms with E-state index in [9.17, 15) is 14.9 Å². The average Bonchev–Trinajstić information content (AvgIpc) is 3.20. The molecule has 0 aliphatic rings. The van der Waals surface area contributed by atoms with Crippen LogP contribution in [0.5, 0.6) is 0 Å². The van der Waals surface area contributed by atoms with Crippen LogP contribution in [0.1, 0.15) is 35.3 Å². The van der Waals surface area contributed by atoms with Crippen molar-refractivity contribution in [2.24, 2.45) is 5.92 Å². The number of aromatic amines is 1. The molecule has 2 aromatic heterocycles. The predicted molar refractivity (Wildman–Crippen MR) is 94.3 cm³/mol. The van der Waals surface area contributed by atoms with Crippen LogP contribution in [-0.2, 0) is 0 Å². The summed E-state index contributed by atoms with van der Waals surface area (Å²) in [4.78, 5) is 27.2. The first kappa shape index (κ1) is 16.2. The summed E-state index contributed by atoms with van der Waals surface area (Å²) >= 11 is 1.59. The third kappa shape index (κ3) is 3.03. The van der Waals surface area contributed by atoms with Crippen LogP contribution in [-0.4, -0.2) is 15.8 Å². The number of non-ortho nitro benzene ring substituents is 1. The molecule has 2 N–H and O–H groups in total. The van der Waals surface area contributed by atoms with E-state index < -0.39 is 4.92 Å². The molecule has 1 aromatic carbocycles. The van der Waals surface area contributed by atoms with Crippen LogP contribution in [0.15, 0.2) is 41.8 Å². The largest absolute Gasteiger partial charge is 0.345 e. The Morgan fingerprint density at radius 2 is 2.08 bits per heavy atom. The van der Waals surface area contributed by atoms with Crippen LogP contribution in [0, 0.1) is 16.0 Å². The zero-order valence-corrected chi connectivity index (χ0v) is 14.1. The number of hydrogen-bond donors (Lipinski definition) is 2. The summed E-state index contributed by atoms with van der Waals surface area (Å²) in [6.07, 6.45) is 0. The molecule has 0 spiro atoms. The molecule has 3 aromatic rings. The summed E-state index contributed by atoms with van der Waals surface area (Å²) in [6, 6.07) is 10.3. The summed E-state index contributed by atoms with van der Waals surface area (Å²) in [5, 5.41) is 16.7. The number of carbonyl (C=O) groups is 1. The quantitative estimate of drug-likeness (QED) is 0.536. The topological polar surface area (TPSA) is 88.0 Å². The third-order valence-electron chi connectivity index (χ3n) is 3.88. The number of nitrogens with zero attached hydrogens (tertiary/aromatic N) is 1. The molecule has 1 unspecified atom stereocenters. The van der Waals surface area contributed by atoms with Gasteiger partial charge in [0.15, 0.2) is 0 Å². The van der Waals surface area contributed by atoms with Gasteiger partial charge in [0.2, 0.25) is 0 Å². The Bertz CT molecular complexity index is 884. The standard InChI is InChI=1S/C17H17N3O3S/c1-10(2)15(14-7-4-8-24-14)19-17(21)12-9-11-5-3-6-13(20(22)23)16(11)18-12/h3-10,15,18H,1-2H3,(H,19,21). The number of nitro groups is 1. The molecule has 1 amide bonds. The number of aromatic nitrogens is 1. The van der Waals surface area contributed by atoms with Crippen LogP contribution in [0.3, 0.4) is 0 Å². The van der Waals surface area contributed by atoms with E-state index in [1.807, 2.05) is 31.4 Å². The first-order chi connectivity index (χ1) is 11.5. The van der Waals surface area contributed by atoms with E-state index in [1.165, 1.54) is 6.07 Å². The van der Waals surface area contributed by atoms with Crippen molar-refractivity contribution in [2.75, 3.05) is 0 Å². The Labute approximate surface area is 142 Å². The highest BCUT2D eigenvalue weighted by atomic mass is 32.1. The van der Waals surface area contributed by atoms with Gasteiger partial charge in [-0.25, -0.2) is 0 Å². The summed E-state index contributed by atoms with van der Waals surface area (Å²) in [7, 11) is 0. The minimum Gasteiger partial charge on any atom is -0.345 e. The lowest BCUT2D eigenvalue weighted by atomic mass is 10.0. The smallest absolute Gasteiger partial charge is 0.293 e. The molecular formula is C17H17N3O3S. The normalized spacial score (nSPS) is 12.5. The lowest BCUT2D eigenvalue weighted by Crippen LogP contribution is -2.31. The molecule has 0 aliphatic carbocycles. The van der Waals surface area contributed by atoms with Gasteiger partial charge in [0.1, 0.15) is 11.2 Å². The number of para-hydroxylation sites is 1. The zero-order valence-electron chi connectivity index (χ0n) is 13.3. The molecule has 24 heavy (non-hydrogen) atoms. The highest BCUT2D eigenvalue weighted by Crippen LogP contribution is 2.28. The van der Waals surface area contributed by atoms with E-state index in [2.05, 4.69) is 10.3 Å². The van der Waals surface area contributed by atoms with Gasteiger partial charge in [-0.1, -0.05) is 32.0 Å². The molecule has 0 fully saturated rings. The van der Waals surface area contributed by atoms with Gasteiger partial charge in [-0.05, 0) is 23.4 Å². The fourth-order valence-electron chi connectivity index (χ4n) is 2.67. The minimum absolute atomic E-state index is 0.0368. The highest BCUT2D eigenvalue weighted by molar-refractivity contribution is 7.10. The SMILES string of the molecule is CC(C)C(NC(=O)c1cc2cccc([N+](=O)[O-])c2[nH]1)c1cccs1. The van der Waals surface area contributed by atoms with Crippen molar-refractivity contribution < 1.29 is 9.72 Å². The molecule has 0 aliphatic heterocycles. The Kier molecular flexibility index (Phi) is 4.35. The molecule has 124 valence electrons. The van der Waals surface area contributed by atoms with Crippen LogP contribution in [0.2, 0.25) is 0 Å². The van der Waals surface area contributed by atoms with E-state index in [-0.39, 0.29) is 23.6 Å². The molecule has 6 nitrogen and oxygen atoms in total. The van der Waals surface area contributed by atoms with Crippen molar-refractivity contribution in [1.29, 1.82) is 0 Å². The van der Waals surface area contributed by atoms with Gasteiger partial charge in [-0.2, -0.15) is 0 Å². The van der Waals surface area contributed by atoms with Crippen molar-refractivity contribution in [3.8, 4) is 0 Å². The van der Waals surface area contributed by atoms with E-state index in [0.717, 1.165) is 4.88 Å². The van der Waals surface area contributed by atoms with E-state index in [4.69, 9.17) is 0 Å². The number of thiophene rings is 1. The summed E-state index contributed by atoms with van der Waals surface area (Å²) < 4.78 is 0. The molecule has 1 atom stereocenters. The Morgan fingerprint density at radius 3 is 2.71 bits per heavy atom. The summed E-state index contributed by atoms with van der Waals surface area (Å²) in [5.74, 6) is -0.0427. The fraction of sp³-hybridized carbons (Fsp3) is 0.235. The second kappa shape index (κ2) is 6.45. The van der Waals surface area contributed by atoms with Crippen LogP contribution in [0.4, 0.5) is 5.69 Å². The van der Waals surface area contributed by atoms with Crippen LogP contribution >= 0.6 is 11.3 Å². The maximum atomic E-state index is 12.6. The fourth-order valence-corrected chi connectivity index (χ4v) is 3.62. The molecule has 0 bridgehead atoms. The third-order valence-corrected chi connectivity index (χ3v) is 4.83. The Hall–Kier alpha value is -2.67. The Morgan fingerprint density at radius 1 is 1.29 bits per heavy atom. The number of rotatable bonds is 5. The maximum absolute atomic E-state index is 12.6. The molecule has 7 heteroatoms. The van der Waals surface area contributed by atoms with Gasteiger partial charge in [0, 0.05) is 16.3 Å². The molecule has 0 radical (unpaired) electrons. The van der Waals surface area contributed by atoms with Gasteiger partial charge >= 0.3 is 0 Å². The van der Waals surface area contributed by atoms with Gasteiger partial charge < -0.3 is 10.3 Å². The number of nitrogens with one attached hydrogen (secondary N) is 2. The van der Waals surface area contributed by atoms with Gasteiger partial charge in [0.25, 0.3) is 11.6 Å². The van der Waals surface area contributed by atoms with Gasteiger partial charge in [-0.15, -0.1) is 11.3 Å². The van der Waals surface area contributed by atoms with Crippen LogP contribution < -0.4 is 5.32 Å². The number of H-pyrrole nitrogens is 1. The summed E-state index contributed by atoms with van der Waals surface area (Å²) in [6.45, 7) is 4.08.